The Balaban J connectivity index is 2.50. The molecule has 0 aliphatic carbocycles. The number of halogens is 3. The van der Waals surface area contributed by atoms with Crippen LogP contribution in [0.15, 0.2) is 60.4 Å². The van der Waals surface area contributed by atoms with Crippen molar-refractivity contribution >= 4 is 5.57 Å². The monoisotopic (exact) mass is 314 g/mol. The number of hydrogen-bond acceptors (Lipinski definition) is 3. The molecular formula is C17H9F3N2O. The predicted molar refractivity (Wildman–Crippen MR) is 76.8 cm³/mol. The molecule has 0 aromatic heterocycles. The second-order valence-corrected chi connectivity index (χ2v) is 4.42. The van der Waals surface area contributed by atoms with Crippen LogP contribution in [0.3, 0.4) is 0 Å². The fraction of sp³-hybridized carbons (Fsp3) is 0.0588. The maximum atomic E-state index is 13.3. The number of hydrogen-bond donors (Lipinski definition) is 0. The summed E-state index contributed by atoms with van der Waals surface area (Å²) in [5.41, 5.74) is -0.211. The van der Waals surface area contributed by atoms with E-state index in [0.29, 0.717) is 5.56 Å². The van der Waals surface area contributed by atoms with Crippen LogP contribution in [0.4, 0.5) is 13.2 Å². The molecule has 0 heterocycles. The number of allylic oxidation sites excluding steroid dienone is 2. The van der Waals surface area contributed by atoms with Crippen LogP contribution in [-0.4, -0.2) is 6.18 Å². The van der Waals surface area contributed by atoms with Crippen LogP contribution in [0.25, 0.3) is 5.57 Å². The van der Waals surface area contributed by atoms with Crippen LogP contribution in [0.1, 0.15) is 11.1 Å². The van der Waals surface area contributed by atoms with Gasteiger partial charge in [0.1, 0.15) is 17.4 Å². The molecule has 3 nitrogen and oxygen atoms in total. The third-order valence-corrected chi connectivity index (χ3v) is 2.86. The summed E-state index contributed by atoms with van der Waals surface area (Å²) in [6.45, 7) is 0. The first kappa shape index (κ1) is 16.1. The van der Waals surface area contributed by atoms with Gasteiger partial charge in [0.2, 0.25) is 5.76 Å². The lowest BCUT2D eigenvalue weighted by Crippen LogP contribution is -2.19. The van der Waals surface area contributed by atoms with Crippen molar-refractivity contribution in [2.45, 2.75) is 6.18 Å². The average molecular weight is 314 g/mol. The number of rotatable bonds is 3. The average Bonchev–Trinajstić information content (AvgIpc) is 2.55. The molecule has 114 valence electrons. The summed E-state index contributed by atoms with van der Waals surface area (Å²) >= 11 is 0. The number of alkyl halides is 3. The van der Waals surface area contributed by atoms with E-state index >= 15 is 0 Å². The molecule has 0 unspecified atom stereocenters. The number of nitrogens with zero attached hydrogens (tertiary/aromatic N) is 2. The van der Waals surface area contributed by atoms with Gasteiger partial charge in [-0.3, -0.25) is 0 Å². The van der Waals surface area contributed by atoms with E-state index in [9.17, 15) is 13.2 Å². The highest BCUT2D eigenvalue weighted by Gasteiger charge is 2.40. The zero-order valence-corrected chi connectivity index (χ0v) is 11.6. The van der Waals surface area contributed by atoms with Gasteiger partial charge in [0.05, 0.1) is 11.6 Å². The van der Waals surface area contributed by atoms with Crippen molar-refractivity contribution in [1.29, 1.82) is 10.5 Å². The summed E-state index contributed by atoms with van der Waals surface area (Å²) < 4.78 is 44.8. The van der Waals surface area contributed by atoms with Gasteiger partial charge in [0.25, 0.3) is 0 Å². The van der Waals surface area contributed by atoms with Gasteiger partial charge in [-0.1, -0.05) is 30.3 Å². The first-order chi connectivity index (χ1) is 11.0. The van der Waals surface area contributed by atoms with Crippen molar-refractivity contribution in [3.8, 4) is 17.9 Å². The Morgan fingerprint density at radius 2 is 1.52 bits per heavy atom. The van der Waals surface area contributed by atoms with Crippen molar-refractivity contribution in [1.82, 2.24) is 0 Å². The highest BCUT2D eigenvalue weighted by atomic mass is 19.4. The van der Waals surface area contributed by atoms with Gasteiger partial charge in [0.15, 0.2) is 0 Å². The normalized spacial score (nSPS) is 11.9. The fourth-order valence-electron chi connectivity index (χ4n) is 1.82. The topological polar surface area (TPSA) is 56.8 Å². The Hall–Kier alpha value is -3.25. The quantitative estimate of drug-likeness (QED) is 0.622. The van der Waals surface area contributed by atoms with Crippen molar-refractivity contribution in [2.24, 2.45) is 0 Å². The zero-order chi connectivity index (χ0) is 16.9. The second-order valence-electron chi connectivity index (χ2n) is 4.42. The molecule has 2 aromatic rings. The van der Waals surface area contributed by atoms with Crippen LogP contribution in [0.5, 0.6) is 5.75 Å². The van der Waals surface area contributed by atoms with Gasteiger partial charge in [-0.25, -0.2) is 0 Å². The van der Waals surface area contributed by atoms with Gasteiger partial charge >= 0.3 is 6.18 Å². The Morgan fingerprint density at radius 3 is 2.00 bits per heavy atom. The Labute approximate surface area is 130 Å². The Bertz CT molecular complexity index is 795. The molecule has 0 spiro atoms. The van der Waals surface area contributed by atoms with Crippen molar-refractivity contribution in [3.05, 3.63) is 71.5 Å². The Morgan fingerprint density at radius 1 is 0.913 bits per heavy atom. The van der Waals surface area contributed by atoms with E-state index in [1.807, 2.05) is 6.07 Å². The van der Waals surface area contributed by atoms with E-state index in [-0.39, 0.29) is 11.3 Å². The highest BCUT2D eigenvalue weighted by Crippen LogP contribution is 2.34. The smallest absolute Gasteiger partial charge is 0.450 e. The van der Waals surface area contributed by atoms with Gasteiger partial charge in [-0.2, -0.15) is 23.7 Å². The molecule has 23 heavy (non-hydrogen) atoms. The molecule has 0 amide bonds. The summed E-state index contributed by atoms with van der Waals surface area (Å²) in [4.78, 5) is 0. The van der Waals surface area contributed by atoms with E-state index in [1.165, 1.54) is 48.5 Å². The summed E-state index contributed by atoms with van der Waals surface area (Å²) in [5, 5.41) is 17.8. The molecule has 2 aromatic carbocycles. The summed E-state index contributed by atoms with van der Waals surface area (Å²) in [6.07, 6.45) is -4.84. The summed E-state index contributed by atoms with van der Waals surface area (Å²) in [6, 6.07) is 16.0. The standard InChI is InChI=1S/C17H9F3N2O/c18-17(19,20)16(15(11-22)13-4-2-1-3-5-13)23-14-8-6-12(10-21)7-9-14/h1-9H/b16-15-. The third kappa shape index (κ3) is 3.90. The van der Waals surface area contributed by atoms with Crippen LogP contribution in [0.2, 0.25) is 0 Å². The van der Waals surface area contributed by atoms with Crippen molar-refractivity contribution in [2.75, 3.05) is 0 Å². The fourth-order valence-corrected chi connectivity index (χ4v) is 1.82. The molecule has 0 radical (unpaired) electrons. The minimum Gasteiger partial charge on any atom is -0.451 e. The van der Waals surface area contributed by atoms with Gasteiger partial charge in [-0.15, -0.1) is 0 Å². The van der Waals surface area contributed by atoms with Crippen LogP contribution < -0.4 is 4.74 Å². The number of benzene rings is 2. The molecule has 6 heteroatoms. The second kappa shape index (κ2) is 6.67. The SMILES string of the molecule is N#C/C(=C(/Oc1ccc(C#N)cc1)C(F)(F)F)c1ccccc1. The summed E-state index contributed by atoms with van der Waals surface area (Å²) in [7, 11) is 0. The van der Waals surface area contributed by atoms with Gasteiger partial charge in [0, 0.05) is 0 Å². The Kier molecular flexibility index (Phi) is 4.68. The van der Waals surface area contributed by atoms with Gasteiger partial charge < -0.3 is 4.74 Å². The van der Waals surface area contributed by atoms with E-state index in [2.05, 4.69) is 0 Å². The van der Waals surface area contributed by atoms with Crippen LogP contribution in [-0.2, 0) is 0 Å². The van der Waals surface area contributed by atoms with Gasteiger partial charge in [-0.05, 0) is 29.8 Å². The molecule has 0 saturated carbocycles. The van der Waals surface area contributed by atoms with E-state index in [0.717, 1.165) is 0 Å². The number of nitriles is 2. The maximum absolute atomic E-state index is 13.3. The molecule has 0 fully saturated rings. The van der Waals surface area contributed by atoms with E-state index < -0.39 is 17.5 Å². The molecule has 0 aliphatic heterocycles. The van der Waals surface area contributed by atoms with Crippen molar-refractivity contribution in [3.63, 3.8) is 0 Å². The lowest BCUT2D eigenvalue weighted by atomic mass is 10.1. The van der Waals surface area contributed by atoms with Crippen molar-refractivity contribution < 1.29 is 17.9 Å². The molecule has 0 aliphatic rings. The highest BCUT2D eigenvalue weighted by molar-refractivity contribution is 5.79. The molecule has 0 bridgehead atoms. The summed E-state index contributed by atoms with van der Waals surface area (Å²) in [5.74, 6) is -1.50. The molecule has 0 atom stereocenters. The maximum Gasteiger partial charge on any atom is 0.450 e. The van der Waals surface area contributed by atoms with E-state index in [1.54, 1.807) is 12.1 Å². The molecular weight excluding hydrogens is 305 g/mol. The van der Waals surface area contributed by atoms with E-state index in [4.69, 9.17) is 15.3 Å². The van der Waals surface area contributed by atoms with Crippen LogP contribution in [0, 0.1) is 22.7 Å². The third-order valence-electron chi connectivity index (χ3n) is 2.86. The minimum atomic E-state index is -4.84. The largest absolute Gasteiger partial charge is 0.451 e. The first-order valence-electron chi connectivity index (χ1n) is 6.40. The molecule has 2 rings (SSSR count). The van der Waals surface area contributed by atoms with Crippen LogP contribution >= 0.6 is 0 Å². The minimum absolute atomic E-state index is 0.107. The predicted octanol–water partition coefficient (Wildman–Crippen LogP) is 4.43. The zero-order valence-electron chi connectivity index (χ0n) is 11.6. The first-order valence-corrected chi connectivity index (χ1v) is 6.40. The molecule has 0 N–H and O–H groups in total. The lowest BCUT2D eigenvalue weighted by molar-refractivity contribution is -0.115. The number of ether oxygens (including phenoxy) is 1. The molecule has 0 saturated heterocycles. The lowest BCUT2D eigenvalue weighted by Gasteiger charge is -2.15.